The second kappa shape index (κ2) is 9.33. The molecule has 1 atom stereocenters. The Hall–Kier alpha value is -3.51. The summed E-state index contributed by atoms with van der Waals surface area (Å²) in [6.07, 6.45) is 2.09. The first-order valence-electron chi connectivity index (χ1n) is 9.65. The van der Waals surface area contributed by atoms with Crippen molar-refractivity contribution < 1.29 is 29.1 Å². The number of piperidine rings is 1. The molecule has 3 N–H and O–H groups in total. The fourth-order valence-electron chi connectivity index (χ4n) is 3.40. The molecule has 3 rings (SSSR count). The fourth-order valence-corrected chi connectivity index (χ4v) is 3.40. The molecule has 1 unspecified atom stereocenters. The average Bonchev–Trinajstić information content (AvgIpc) is 2.98. The number of amides is 5. The van der Waals surface area contributed by atoms with Gasteiger partial charge in [0.1, 0.15) is 12.6 Å². The van der Waals surface area contributed by atoms with Crippen molar-refractivity contribution in [3.63, 3.8) is 0 Å². The summed E-state index contributed by atoms with van der Waals surface area (Å²) in [6, 6.07) is 3.79. The van der Waals surface area contributed by atoms with Crippen LogP contribution in [0.3, 0.4) is 0 Å². The molecule has 9 heteroatoms. The Balaban J connectivity index is 1.68. The number of nitrogens with one attached hydrogen (secondary N) is 2. The SMILES string of the molecule is O=C(CO)NCCCCC#Cc1cccc2c1C(=O)N(C1CCC(=O)NC1=O)C2=O. The van der Waals surface area contributed by atoms with Crippen LogP contribution in [0.1, 0.15) is 58.4 Å². The number of carbonyl (C=O) groups excluding carboxylic acids is 5. The van der Waals surface area contributed by atoms with E-state index in [1.807, 2.05) is 0 Å². The summed E-state index contributed by atoms with van der Waals surface area (Å²) in [4.78, 5) is 61.0. The Kier molecular flexibility index (Phi) is 6.59. The molecule has 2 heterocycles. The van der Waals surface area contributed by atoms with Gasteiger partial charge in [-0.1, -0.05) is 17.9 Å². The number of hydrogen-bond donors (Lipinski definition) is 3. The van der Waals surface area contributed by atoms with Crippen LogP contribution in [-0.4, -0.2) is 58.7 Å². The first-order chi connectivity index (χ1) is 14.4. The van der Waals surface area contributed by atoms with E-state index in [4.69, 9.17) is 5.11 Å². The lowest BCUT2D eigenvalue weighted by molar-refractivity contribution is -0.136. The summed E-state index contributed by atoms with van der Waals surface area (Å²) in [6.45, 7) is -0.1000. The van der Waals surface area contributed by atoms with Crippen LogP contribution in [0.4, 0.5) is 0 Å². The van der Waals surface area contributed by atoms with Gasteiger partial charge < -0.3 is 10.4 Å². The number of imide groups is 2. The molecule has 0 spiro atoms. The quantitative estimate of drug-likeness (QED) is 0.335. The van der Waals surface area contributed by atoms with E-state index < -0.39 is 42.2 Å². The third-order valence-electron chi connectivity index (χ3n) is 4.89. The predicted octanol–water partition coefficient (Wildman–Crippen LogP) is -0.282. The van der Waals surface area contributed by atoms with Crippen LogP contribution in [0.2, 0.25) is 0 Å². The zero-order valence-electron chi connectivity index (χ0n) is 16.2. The summed E-state index contributed by atoms with van der Waals surface area (Å²) in [5.74, 6) is 3.23. The molecule has 9 nitrogen and oxygen atoms in total. The van der Waals surface area contributed by atoms with Gasteiger partial charge in [0.25, 0.3) is 11.8 Å². The monoisotopic (exact) mass is 411 g/mol. The van der Waals surface area contributed by atoms with Crippen molar-refractivity contribution in [2.24, 2.45) is 0 Å². The number of hydrogen-bond acceptors (Lipinski definition) is 6. The van der Waals surface area contributed by atoms with Gasteiger partial charge in [0, 0.05) is 24.9 Å². The van der Waals surface area contributed by atoms with E-state index >= 15 is 0 Å². The van der Waals surface area contributed by atoms with E-state index in [0.717, 1.165) is 4.90 Å². The molecule has 1 aromatic rings. The van der Waals surface area contributed by atoms with Gasteiger partial charge in [-0.25, -0.2) is 0 Å². The van der Waals surface area contributed by atoms with Crippen LogP contribution in [0.15, 0.2) is 18.2 Å². The fraction of sp³-hybridized carbons (Fsp3) is 0.381. The van der Waals surface area contributed by atoms with Crippen LogP contribution in [0, 0.1) is 11.8 Å². The third kappa shape index (κ3) is 4.39. The maximum Gasteiger partial charge on any atom is 0.263 e. The number of unbranched alkanes of at least 4 members (excludes halogenated alkanes) is 2. The molecule has 1 saturated heterocycles. The lowest BCUT2D eigenvalue weighted by atomic mass is 10.0. The highest BCUT2D eigenvalue weighted by atomic mass is 16.3. The third-order valence-corrected chi connectivity index (χ3v) is 4.89. The molecular formula is C21H21N3O6. The van der Waals surface area contributed by atoms with Gasteiger partial charge in [0.2, 0.25) is 17.7 Å². The maximum absolute atomic E-state index is 12.9. The number of carbonyl (C=O) groups is 5. The number of aliphatic hydroxyl groups excluding tert-OH is 1. The van der Waals surface area contributed by atoms with E-state index in [9.17, 15) is 24.0 Å². The minimum atomic E-state index is -1.01. The highest BCUT2D eigenvalue weighted by Gasteiger charge is 2.45. The van der Waals surface area contributed by atoms with E-state index in [1.54, 1.807) is 12.1 Å². The van der Waals surface area contributed by atoms with E-state index in [1.165, 1.54) is 6.07 Å². The molecule has 1 fully saturated rings. The topological polar surface area (TPSA) is 133 Å². The van der Waals surface area contributed by atoms with Crippen molar-refractivity contribution in [3.05, 3.63) is 34.9 Å². The highest BCUT2D eigenvalue weighted by Crippen LogP contribution is 2.29. The number of aliphatic hydroxyl groups is 1. The standard InChI is InChI=1S/C21H21N3O6/c25-12-17(27)22-11-4-2-1-3-6-13-7-5-8-14-18(13)21(30)24(20(14)29)15-9-10-16(26)23-19(15)28/h5,7-8,15,25H,1-2,4,9-12H2,(H,22,27)(H,23,26,28). The Morgan fingerprint density at radius 1 is 1.20 bits per heavy atom. The predicted molar refractivity (Wildman–Crippen MR) is 104 cm³/mol. The molecule has 0 radical (unpaired) electrons. The zero-order valence-corrected chi connectivity index (χ0v) is 16.2. The molecule has 156 valence electrons. The summed E-state index contributed by atoms with van der Waals surface area (Å²) in [5.41, 5.74) is 0.785. The second-order valence-corrected chi connectivity index (χ2v) is 6.94. The van der Waals surface area contributed by atoms with E-state index in [0.29, 0.717) is 31.4 Å². The first-order valence-corrected chi connectivity index (χ1v) is 9.65. The van der Waals surface area contributed by atoms with Crippen molar-refractivity contribution in [1.82, 2.24) is 15.5 Å². The number of benzene rings is 1. The molecule has 0 bridgehead atoms. The van der Waals surface area contributed by atoms with Gasteiger partial charge in [-0.2, -0.15) is 0 Å². The first kappa shape index (κ1) is 21.2. The lowest BCUT2D eigenvalue weighted by Crippen LogP contribution is -2.54. The van der Waals surface area contributed by atoms with Gasteiger partial charge >= 0.3 is 0 Å². The summed E-state index contributed by atoms with van der Waals surface area (Å²) >= 11 is 0. The van der Waals surface area contributed by atoms with Gasteiger partial charge in [-0.3, -0.25) is 34.2 Å². The van der Waals surface area contributed by atoms with Gasteiger partial charge in [-0.05, 0) is 31.4 Å². The van der Waals surface area contributed by atoms with Crippen LogP contribution >= 0.6 is 0 Å². The van der Waals surface area contributed by atoms with Gasteiger partial charge in [0.15, 0.2) is 0 Å². The molecule has 0 saturated carbocycles. The molecular weight excluding hydrogens is 390 g/mol. The Morgan fingerprint density at radius 3 is 2.73 bits per heavy atom. The smallest absolute Gasteiger partial charge is 0.263 e. The molecule has 30 heavy (non-hydrogen) atoms. The van der Waals surface area contributed by atoms with Gasteiger partial charge in [-0.15, -0.1) is 0 Å². The largest absolute Gasteiger partial charge is 0.387 e. The summed E-state index contributed by atoms with van der Waals surface area (Å²) in [7, 11) is 0. The molecule has 5 amide bonds. The molecule has 0 aromatic heterocycles. The minimum Gasteiger partial charge on any atom is -0.387 e. The average molecular weight is 411 g/mol. The van der Waals surface area contributed by atoms with E-state index in [-0.39, 0.29) is 24.0 Å². The van der Waals surface area contributed by atoms with Crippen molar-refractivity contribution >= 4 is 29.5 Å². The molecule has 1 aromatic carbocycles. The van der Waals surface area contributed by atoms with Crippen LogP contribution in [0.5, 0.6) is 0 Å². The Morgan fingerprint density at radius 2 is 2.00 bits per heavy atom. The number of nitrogens with zero attached hydrogens (tertiary/aromatic N) is 1. The zero-order chi connectivity index (χ0) is 21.7. The van der Waals surface area contributed by atoms with Gasteiger partial charge in [0.05, 0.1) is 11.1 Å². The van der Waals surface area contributed by atoms with Crippen molar-refractivity contribution in [2.45, 2.75) is 38.1 Å². The van der Waals surface area contributed by atoms with Crippen LogP contribution in [0.25, 0.3) is 0 Å². The van der Waals surface area contributed by atoms with Crippen molar-refractivity contribution in [2.75, 3.05) is 13.2 Å². The molecule has 2 aliphatic rings. The van der Waals surface area contributed by atoms with Crippen LogP contribution in [-0.2, 0) is 14.4 Å². The minimum absolute atomic E-state index is 0.0647. The summed E-state index contributed by atoms with van der Waals surface area (Å²) in [5, 5.41) is 13.3. The summed E-state index contributed by atoms with van der Waals surface area (Å²) < 4.78 is 0. The Bertz CT molecular complexity index is 975. The number of rotatable bonds is 6. The van der Waals surface area contributed by atoms with Crippen molar-refractivity contribution in [3.8, 4) is 11.8 Å². The number of fused-ring (bicyclic) bond motifs is 1. The van der Waals surface area contributed by atoms with Crippen LogP contribution < -0.4 is 10.6 Å². The van der Waals surface area contributed by atoms with E-state index in [2.05, 4.69) is 22.5 Å². The Labute approximate surface area is 172 Å². The highest BCUT2D eigenvalue weighted by molar-refractivity contribution is 6.24. The normalized spacial score (nSPS) is 17.9. The van der Waals surface area contributed by atoms with Crippen molar-refractivity contribution in [1.29, 1.82) is 0 Å². The second-order valence-electron chi connectivity index (χ2n) is 6.94. The lowest BCUT2D eigenvalue weighted by Gasteiger charge is -2.27. The molecule has 2 aliphatic heterocycles. The maximum atomic E-state index is 12.9. The molecule has 0 aliphatic carbocycles.